The number of anilines is 2. The molecule has 1 rings (SSSR count). The van der Waals surface area contributed by atoms with Gasteiger partial charge in [0.1, 0.15) is 5.82 Å². The summed E-state index contributed by atoms with van der Waals surface area (Å²) < 4.78 is 13.6. The van der Waals surface area contributed by atoms with E-state index in [1.54, 1.807) is 0 Å². The maximum atomic E-state index is 13.6. The number of nitrogen functional groups attached to an aromatic ring is 1. The lowest BCUT2D eigenvalue weighted by atomic mass is 10.1. The molecule has 1 aromatic rings. The Bertz CT molecular complexity index is 438. The van der Waals surface area contributed by atoms with Gasteiger partial charge in [0.15, 0.2) is 0 Å². The largest absolute Gasteiger partial charge is 0.478 e. The maximum Gasteiger partial charge on any atom is 0.337 e. The van der Waals surface area contributed by atoms with Gasteiger partial charge in [0.25, 0.3) is 0 Å². The van der Waals surface area contributed by atoms with Gasteiger partial charge >= 0.3 is 5.97 Å². The van der Waals surface area contributed by atoms with Crippen LogP contribution in [0.5, 0.6) is 0 Å². The SMILES string of the molecule is CCN(C)CCNc1cc(C(=O)O)c(N)cc1F. The molecule has 5 nitrogen and oxygen atoms in total. The first-order valence-corrected chi connectivity index (χ1v) is 5.70. The van der Waals surface area contributed by atoms with Gasteiger partial charge in [-0.1, -0.05) is 6.92 Å². The minimum atomic E-state index is -1.17. The number of nitrogens with zero attached hydrogens (tertiary/aromatic N) is 1. The molecule has 4 N–H and O–H groups in total. The molecule has 0 aromatic heterocycles. The van der Waals surface area contributed by atoms with Gasteiger partial charge in [0.05, 0.1) is 11.3 Å². The molecule has 0 fully saturated rings. The zero-order valence-corrected chi connectivity index (χ0v) is 10.5. The van der Waals surface area contributed by atoms with Crippen LogP contribution in [0.2, 0.25) is 0 Å². The maximum absolute atomic E-state index is 13.6. The smallest absolute Gasteiger partial charge is 0.337 e. The molecule has 0 aliphatic heterocycles. The molecule has 0 saturated heterocycles. The Hall–Kier alpha value is -1.82. The number of nitrogens with one attached hydrogen (secondary N) is 1. The molecule has 0 bridgehead atoms. The highest BCUT2D eigenvalue weighted by Gasteiger charge is 2.12. The number of carbonyl (C=O) groups is 1. The van der Waals surface area contributed by atoms with E-state index in [1.165, 1.54) is 6.07 Å². The number of carboxylic acid groups (broad SMARTS) is 1. The Labute approximate surface area is 105 Å². The Morgan fingerprint density at radius 1 is 1.56 bits per heavy atom. The highest BCUT2D eigenvalue weighted by atomic mass is 19.1. The van der Waals surface area contributed by atoms with E-state index in [-0.39, 0.29) is 16.9 Å². The fraction of sp³-hybridized carbons (Fsp3) is 0.417. The van der Waals surface area contributed by atoms with Crippen LogP contribution in [-0.2, 0) is 0 Å². The van der Waals surface area contributed by atoms with Gasteiger partial charge in [0, 0.05) is 18.8 Å². The first kappa shape index (κ1) is 14.2. The molecule has 1 aromatic carbocycles. The standard InChI is InChI=1S/C12H18FN3O2/c1-3-16(2)5-4-15-11-6-8(12(17)18)10(14)7-9(11)13/h6-7,15H,3-5,14H2,1-2H3,(H,17,18). The molecule has 0 aliphatic carbocycles. The van der Waals surface area contributed by atoms with Crippen LogP contribution < -0.4 is 11.1 Å². The third kappa shape index (κ3) is 3.59. The summed E-state index contributed by atoms with van der Waals surface area (Å²) in [4.78, 5) is 12.9. The second kappa shape index (κ2) is 6.20. The fourth-order valence-corrected chi connectivity index (χ4v) is 1.45. The molecular formula is C12H18FN3O2. The number of benzene rings is 1. The summed E-state index contributed by atoms with van der Waals surface area (Å²) in [6.07, 6.45) is 0. The molecule has 6 heteroatoms. The number of likely N-dealkylation sites (N-methyl/N-ethyl adjacent to an activating group) is 1. The Balaban J connectivity index is 2.76. The molecule has 100 valence electrons. The molecule has 0 radical (unpaired) electrons. The van der Waals surface area contributed by atoms with Crippen LogP contribution in [0.25, 0.3) is 0 Å². The van der Waals surface area contributed by atoms with E-state index in [9.17, 15) is 9.18 Å². The molecule has 0 heterocycles. The summed E-state index contributed by atoms with van der Waals surface area (Å²) in [5.41, 5.74) is 5.42. The van der Waals surface area contributed by atoms with Crippen LogP contribution in [0, 0.1) is 5.82 Å². The number of nitrogens with two attached hydrogens (primary N) is 1. The van der Waals surface area contributed by atoms with E-state index < -0.39 is 11.8 Å². The summed E-state index contributed by atoms with van der Waals surface area (Å²) in [7, 11) is 1.95. The Kier molecular flexibility index (Phi) is 4.91. The van der Waals surface area contributed by atoms with Gasteiger partial charge in [-0.3, -0.25) is 0 Å². The van der Waals surface area contributed by atoms with Crippen LogP contribution in [-0.4, -0.2) is 42.7 Å². The predicted octanol–water partition coefficient (Wildman–Crippen LogP) is 1.47. The minimum absolute atomic E-state index is 0.0729. The molecule has 18 heavy (non-hydrogen) atoms. The minimum Gasteiger partial charge on any atom is -0.478 e. The van der Waals surface area contributed by atoms with Gasteiger partial charge < -0.3 is 21.1 Å². The predicted molar refractivity (Wildman–Crippen MR) is 69.4 cm³/mol. The summed E-state index contributed by atoms with van der Waals surface area (Å²) in [5.74, 6) is -1.71. The Morgan fingerprint density at radius 2 is 2.22 bits per heavy atom. The summed E-state index contributed by atoms with van der Waals surface area (Å²) >= 11 is 0. The van der Waals surface area contributed by atoms with Gasteiger partial charge in [-0.05, 0) is 25.7 Å². The van der Waals surface area contributed by atoms with Crippen molar-refractivity contribution in [3.05, 3.63) is 23.5 Å². The van der Waals surface area contributed by atoms with Crippen molar-refractivity contribution in [2.24, 2.45) is 0 Å². The normalized spacial score (nSPS) is 10.7. The van der Waals surface area contributed by atoms with Gasteiger partial charge in [-0.15, -0.1) is 0 Å². The number of hydrogen-bond donors (Lipinski definition) is 3. The van der Waals surface area contributed by atoms with Crippen LogP contribution in [0.15, 0.2) is 12.1 Å². The number of aromatic carboxylic acids is 1. The molecular weight excluding hydrogens is 237 g/mol. The van der Waals surface area contributed by atoms with Crippen molar-refractivity contribution in [3.63, 3.8) is 0 Å². The van der Waals surface area contributed by atoms with E-state index in [0.717, 1.165) is 19.2 Å². The third-order valence-electron chi connectivity index (χ3n) is 2.72. The lowest BCUT2D eigenvalue weighted by molar-refractivity contribution is 0.0698. The van der Waals surface area contributed by atoms with Gasteiger partial charge in [-0.25, -0.2) is 9.18 Å². The van der Waals surface area contributed by atoms with E-state index >= 15 is 0 Å². The molecule has 0 amide bonds. The number of carboxylic acids is 1. The van der Waals surface area contributed by atoms with Crippen molar-refractivity contribution in [2.45, 2.75) is 6.92 Å². The highest BCUT2D eigenvalue weighted by molar-refractivity contribution is 5.94. The molecule has 0 aliphatic rings. The average Bonchev–Trinajstić information content (AvgIpc) is 2.31. The zero-order chi connectivity index (χ0) is 13.7. The van der Waals surface area contributed by atoms with Crippen molar-refractivity contribution in [1.82, 2.24) is 4.90 Å². The van der Waals surface area contributed by atoms with Gasteiger partial charge in [0.2, 0.25) is 0 Å². The lowest BCUT2D eigenvalue weighted by Crippen LogP contribution is -2.25. The number of halogens is 1. The summed E-state index contributed by atoms with van der Waals surface area (Å²) in [5, 5.41) is 11.8. The topological polar surface area (TPSA) is 78.6 Å². The molecule has 0 spiro atoms. The third-order valence-corrected chi connectivity index (χ3v) is 2.72. The van der Waals surface area contributed by atoms with Crippen LogP contribution in [0.3, 0.4) is 0 Å². The van der Waals surface area contributed by atoms with Crippen molar-refractivity contribution < 1.29 is 14.3 Å². The summed E-state index contributed by atoms with van der Waals surface area (Å²) in [6.45, 7) is 4.19. The van der Waals surface area contributed by atoms with Crippen LogP contribution in [0.1, 0.15) is 17.3 Å². The van der Waals surface area contributed by atoms with Crippen molar-refractivity contribution in [2.75, 3.05) is 37.7 Å². The summed E-state index contributed by atoms with van der Waals surface area (Å²) in [6, 6.07) is 2.24. The number of hydrogen-bond acceptors (Lipinski definition) is 4. The van der Waals surface area contributed by atoms with E-state index in [0.29, 0.717) is 6.54 Å². The van der Waals surface area contributed by atoms with Gasteiger partial charge in [-0.2, -0.15) is 0 Å². The monoisotopic (exact) mass is 255 g/mol. The van der Waals surface area contributed by atoms with E-state index in [1.807, 2.05) is 14.0 Å². The van der Waals surface area contributed by atoms with Crippen molar-refractivity contribution >= 4 is 17.3 Å². The first-order valence-electron chi connectivity index (χ1n) is 5.70. The first-order chi connectivity index (χ1) is 8.45. The fourth-order valence-electron chi connectivity index (χ4n) is 1.45. The highest BCUT2D eigenvalue weighted by Crippen LogP contribution is 2.22. The second-order valence-electron chi connectivity index (χ2n) is 4.05. The average molecular weight is 255 g/mol. The van der Waals surface area contributed by atoms with E-state index in [4.69, 9.17) is 10.8 Å². The quantitative estimate of drug-likeness (QED) is 0.671. The molecule has 0 unspecified atom stereocenters. The van der Waals surface area contributed by atoms with Crippen molar-refractivity contribution in [1.29, 1.82) is 0 Å². The molecule has 0 saturated carbocycles. The second-order valence-corrected chi connectivity index (χ2v) is 4.05. The zero-order valence-electron chi connectivity index (χ0n) is 10.5. The van der Waals surface area contributed by atoms with Crippen molar-refractivity contribution in [3.8, 4) is 0 Å². The van der Waals surface area contributed by atoms with E-state index in [2.05, 4.69) is 10.2 Å². The van der Waals surface area contributed by atoms with Crippen LogP contribution >= 0.6 is 0 Å². The molecule has 0 atom stereocenters. The van der Waals surface area contributed by atoms with Crippen LogP contribution in [0.4, 0.5) is 15.8 Å². The number of rotatable bonds is 6. The lowest BCUT2D eigenvalue weighted by Gasteiger charge is -2.15. The Morgan fingerprint density at radius 3 is 2.78 bits per heavy atom.